The van der Waals surface area contributed by atoms with Gasteiger partial charge in [0.2, 0.25) is 0 Å². The molecule has 0 saturated carbocycles. The molecule has 4 nitrogen and oxygen atoms in total. The molecule has 1 aromatic rings. The lowest BCUT2D eigenvalue weighted by molar-refractivity contribution is -0.123. The molecule has 2 N–H and O–H groups in total. The molecule has 0 unspecified atom stereocenters. The van der Waals surface area contributed by atoms with Gasteiger partial charge in [0.25, 0.3) is 5.91 Å². The van der Waals surface area contributed by atoms with Gasteiger partial charge in [0.1, 0.15) is 5.75 Å². The van der Waals surface area contributed by atoms with Gasteiger partial charge in [-0.15, -0.1) is 0 Å². The minimum absolute atomic E-state index is 0.0201. The van der Waals surface area contributed by atoms with Crippen molar-refractivity contribution < 1.29 is 14.6 Å². The number of hydrogen-bond acceptors (Lipinski definition) is 3. The highest BCUT2D eigenvalue weighted by molar-refractivity contribution is 5.77. The summed E-state index contributed by atoms with van der Waals surface area (Å²) in [6.07, 6.45) is 1.56. The SMILES string of the molecule is CCCNC(=O)COc1ccccc1C(C)(C)CCO. The molecule has 0 fully saturated rings. The van der Waals surface area contributed by atoms with E-state index in [9.17, 15) is 4.79 Å². The number of aliphatic hydroxyl groups excluding tert-OH is 1. The zero-order chi connectivity index (χ0) is 15.0. The summed E-state index contributed by atoms with van der Waals surface area (Å²) in [6, 6.07) is 7.67. The fraction of sp³-hybridized carbons (Fsp3) is 0.562. The zero-order valence-electron chi connectivity index (χ0n) is 12.6. The maximum Gasteiger partial charge on any atom is 0.257 e. The summed E-state index contributed by atoms with van der Waals surface area (Å²) >= 11 is 0. The molecular weight excluding hydrogens is 254 g/mol. The van der Waals surface area contributed by atoms with Crippen LogP contribution in [0.25, 0.3) is 0 Å². The molecule has 20 heavy (non-hydrogen) atoms. The Hall–Kier alpha value is -1.55. The van der Waals surface area contributed by atoms with Crippen LogP contribution < -0.4 is 10.1 Å². The molecule has 0 spiro atoms. The van der Waals surface area contributed by atoms with Crippen molar-refractivity contribution in [2.24, 2.45) is 0 Å². The normalized spacial score (nSPS) is 11.2. The predicted octanol–water partition coefficient (Wildman–Crippen LogP) is 2.25. The topological polar surface area (TPSA) is 58.6 Å². The second-order valence-corrected chi connectivity index (χ2v) is 5.49. The molecule has 0 aliphatic rings. The van der Waals surface area contributed by atoms with Crippen LogP contribution in [-0.2, 0) is 10.2 Å². The largest absolute Gasteiger partial charge is 0.483 e. The van der Waals surface area contributed by atoms with Gasteiger partial charge in [0.15, 0.2) is 6.61 Å². The van der Waals surface area contributed by atoms with E-state index in [0.29, 0.717) is 18.7 Å². The Morgan fingerprint density at radius 1 is 1.35 bits per heavy atom. The van der Waals surface area contributed by atoms with Crippen molar-refractivity contribution in [3.63, 3.8) is 0 Å². The van der Waals surface area contributed by atoms with E-state index in [1.54, 1.807) is 0 Å². The second kappa shape index (κ2) is 7.90. The van der Waals surface area contributed by atoms with Crippen LogP contribution in [0.1, 0.15) is 39.2 Å². The van der Waals surface area contributed by atoms with Crippen molar-refractivity contribution in [2.45, 2.75) is 39.0 Å². The first-order chi connectivity index (χ1) is 9.51. The highest BCUT2D eigenvalue weighted by atomic mass is 16.5. The van der Waals surface area contributed by atoms with Crippen LogP contribution in [0.2, 0.25) is 0 Å². The van der Waals surface area contributed by atoms with E-state index in [-0.39, 0.29) is 24.5 Å². The number of amides is 1. The van der Waals surface area contributed by atoms with Gasteiger partial charge in [-0.25, -0.2) is 0 Å². The maximum absolute atomic E-state index is 11.6. The molecule has 112 valence electrons. The molecule has 0 aliphatic heterocycles. The second-order valence-electron chi connectivity index (χ2n) is 5.49. The number of rotatable bonds is 8. The molecule has 0 atom stereocenters. The van der Waals surface area contributed by atoms with E-state index in [0.717, 1.165) is 12.0 Å². The summed E-state index contributed by atoms with van der Waals surface area (Å²) < 4.78 is 5.63. The first-order valence-electron chi connectivity index (χ1n) is 7.11. The van der Waals surface area contributed by atoms with E-state index in [1.807, 2.05) is 31.2 Å². The van der Waals surface area contributed by atoms with Gasteiger partial charge >= 0.3 is 0 Å². The number of nitrogens with one attached hydrogen (secondary N) is 1. The Bertz CT molecular complexity index is 429. The quantitative estimate of drug-likeness (QED) is 0.767. The lowest BCUT2D eigenvalue weighted by Crippen LogP contribution is -2.30. The molecule has 0 aromatic heterocycles. The summed E-state index contributed by atoms with van der Waals surface area (Å²) in [7, 11) is 0. The Kier molecular flexibility index (Phi) is 6.52. The first kappa shape index (κ1) is 16.5. The van der Waals surface area contributed by atoms with Gasteiger partial charge in [-0.3, -0.25) is 4.79 Å². The van der Waals surface area contributed by atoms with E-state index < -0.39 is 0 Å². The van der Waals surface area contributed by atoms with Crippen LogP contribution in [0, 0.1) is 0 Å². The highest BCUT2D eigenvalue weighted by Crippen LogP contribution is 2.33. The van der Waals surface area contributed by atoms with E-state index in [4.69, 9.17) is 9.84 Å². The van der Waals surface area contributed by atoms with E-state index >= 15 is 0 Å². The Morgan fingerprint density at radius 2 is 2.05 bits per heavy atom. The predicted molar refractivity (Wildman–Crippen MR) is 80.0 cm³/mol. The molecule has 0 radical (unpaired) electrons. The monoisotopic (exact) mass is 279 g/mol. The van der Waals surface area contributed by atoms with Crippen molar-refractivity contribution in [3.05, 3.63) is 29.8 Å². The highest BCUT2D eigenvalue weighted by Gasteiger charge is 2.23. The maximum atomic E-state index is 11.6. The van der Waals surface area contributed by atoms with Crippen LogP contribution in [0.4, 0.5) is 0 Å². The van der Waals surface area contributed by atoms with Gasteiger partial charge < -0.3 is 15.2 Å². The summed E-state index contributed by atoms with van der Waals surface area (Å²) in [4.78, 5) is 11.6. The number of ether oxygens (including phenoxy) is 1. The zero-order valence-corrected chi connectivity index (χ0v) is 12.6. The van der Waals surface area contributed by atoms with Crippen LogP contribution in [0.5, 0.6) is 5.75 Å². The third kappa shape index (κ3) is 4.85. The summed E-state index contributed by atoms with van der Waals surface area (Å²) in [5, 5.41) is 11.9. The number of hydrogen-bond donors (Lipinski definition) is 2. The number of benzene rings is 1. The minimum atomic E-state index is -0.189. The molecule has 1 aromatic carbocycles. The van der Waals surface area contributed by atoms with Gasteiger partial charge in [-0.1, -0.05) is 39.0 Å². The van der Waals surface area contributed by atoms with Crippen molar-refractivity contribution in [3.8, 4) is 5.75 Å². The molecule has 4 heteroatoms. The van der Waals surface area contributed by atoms with E-state index in [2.05, 4.69) is 19.2 Å². The minimum Gasteiger partial charge on any atom is -0.483 e. The van der Waals surface area contributed by atoms with Crippen molar-refractivity contribution >= 4 is 5.91 Å². The number of carbonyl (C=O) groups excluding carboxylic acids is 1. The average molecular weight is 279 g/mol. The molecule has 0 heterocycles. The molecule has 1 rings (SSSR count). The third-order valence-electron chi connectivity index (χ3n) is 3.28. The number of para-hydroxylation sites is 1. The standard InChI is InChI=1S/C16H25NO3/c1-4-10-17-15(19)12-20-14-8-6-5-7-13(14)16(2,3)9-11-18/h5-8,18H,4,9-12H2,1-3H3,(H,17,19). The van der Waals surface area contributed by atoms with Crippen LogP contribution in [0.3, 0.4) is 0 Å². The van der Waals surface area contributed by atoms with Crippen LogP contribution >= 0.6 is 0 Å². The van der Waals surface area contributed by atoms with Crippen molar-refractivity contribution in [1.29, 1.82) is 0 Å². The smallest absolute Gasteiger partial charge is 0.257 e. The number of carbonyl (C=O) groups is 1. The average Bonchev–Trinajstić information content (AvgIpc) is 2.43. The number of aliphatic hydroxyl groups is 1. The summed E-state index contributed by atoms with van der Waals surface area (Å²) in [5.74, 6) is 0.596. The van der Waals surface area contributed by atoms with Crippen molar-refractivity contribution in [1.82, 2.24) is 5.32 Å². The third-order valence-corrected chi connectivity index (χ3v) is 3.28. The first-order valence-corrected chi connectivity index (χ1v) is 7.11. The molecule has 1 amide bonds. The van der Waals surface area contributed by atoms with E-state index in [1.165, 1.54) is 0 Å². The lowest BCUT2D eigenvalue weighted by Gasteiger charge is -2.26. The molecular formula is C16H25NO3. The van der Waals surface area contributed by atoms with Gasteiger partial charge in [0, 0.05) is 13.2 Å². The molecule has 0 aliphatic carbocycles. The Morgan fingerprint density at radius 3 is 2.70 bits per heavy atom. The summed E-state index contributed by atoms with van der Waals surface area (Å²) in [5.41, 5.74) is 0.822. The lowest BCUT2D eigenvalue weighted by atomic mass is 9.81. The van der Waals surface area contributed by atoms with Crippen molar-refractivity contribution in [2.75, 3.05) is 19.8 Å². The fourth-order valence-corrected chi connectivity index (χ4v) is 2.02. The van der Waals surface area contributed by atoms with Gasteiger partial charge in [0.05, 0.1) is 0 Å². The Labute approximate surface area is 121 Å². The Balaban J connectivity index is 2.73. The summed E-state index contributed by atoms with van der Waals surface area (Å²) in [6.45, 7) is 6.93. The fourth-order valence-electron chi connectivity index (χ4n) is 2.02. The molecule has 0 saturated heterocycles. The van der Waals surface area contributed by atoms with Crippen LogP contribution in [0.15, 0.2) is 24.3 Å². The van der Waals surface area contributed by atoms with Crippen LogP contribution in [-0.4, -0.2) is 30.8 Å². The van der Waals surface area contributed by atoms with Gasteiger partial charge in [-0.05, 0) is 29.9 Å². The molecule has 0 bridgehead atoms. The van der Waals surface area contributed by atoms with Gasteiger partial charge in [-0.2, -0.15) is 0 Å².